The third-order valence-corrected chi connectivity index (χ3v) is 3.85. The first-order valence-corrected chi connectivity index (χ1v) is 6.43. The molecule has 1 atom stereocenters. The third-order valence-electron chi connectivity index (χ3n) is 3.85. The lowest BCUT2D eigenvalue weighted by Gasteiger charge is -2.34. The summed E-state index contributed by atoms with van der Waals surface area (Å²) in [6.45, 7) is 0. The van der Waals surface area contributed by atoms with E-state index in [1.165, 1.54) is 18.2 Å². The number of benzene rings is 1. The second-order valence-corrected chi connectivity index (χ2v) is 5.10. The van der Waals surface area contributed by atoms with Crippen LogP contribution in [0.25, 0.3) is 0 Å². The highest BCUT2D eigenvalue weighted by Crippen LogP contribution is 2.42. The van der Waals surface area contributed by atoms with Crippen LogP contribution in [0.2, 0.25) is 0 Å². The van der Waals surface area contributed by atoms with E-state index in [0.29, 0.717) is 0 Å². The van der Waals surface area contributed by atoms with Crippen molar-refractivity contribution in [3.05, 3.63) is 35.4 Å². The van der Waals surface area contributed by atoms with Crippen molar-refractivity contribution in [2.75, 3.05) is 7.05 Å². The van der Waals surface area contributed by atoms with Crippen molar-refractivity contribution < 1.29 is 17.6 Å². The molecule has 0 heterocycles. The Bertz CT molecular complexity index is 417. The molecule has 5 heteroatoms. The summed E-state index contributed by atoms with van der Waals surface area (Å²) in [6.07, 6.45) is 0.108. The van der Waals surface area contributed by atoms with Crippen LogP contribution in [0.3, 0.4) is 0 Å². The number of alkyl halides is 2. The average molecular weight is 275 g/mol. The largest absolute Gasteiger partial charge is 0.313 e. The van der Waals surface area contributed by atoms with Crippen LogP contribution in [0.5, 0.6) is 0 Å². The second kappa shape index (κ2) is 5.49. The van der Waals surface area contributed by atoms with E-state index in [-0.39, 0.29) is 37.2 Å². The van der Waals surface area contributed by atoms with Gasteiger partial charge in [0, 0.05) is 24.4 Å². The van der Waals surface area contributed by atoms with Gasteiger partial charge < -0.3 is 5.32 Å². The predicted molar refractivity (Wildman–Crippen MR) is 65.1 cm³/mol. The van der Waals surface area contributed by atoms with Gasteiger partial charge in [-0.2, -0.15) is 0 Å². The highest BCUT2D eigenvalue weighted by molar-refractivity contribution is 5.24. The molecule has 1 N–H and O–H groups in total. The van der Waals surface area contributed by atoms with Gasteiger partial charge in [-0.3, -0.25) is 0 Å². The molecule has 106 valence electrons. The van der Waals surface area contributed by atoms with E-state index in [4.69, 9.17) is 0 Å². The van der Waals surface area contributed by atoms with Gasteiger partial charge in [0.2, 0.25) is 5.92 Å². The van der Waals surface area contributed by atoms with Crippen molar-refractivity contribution in [1.29, 1.82) is 0 Å². The Morgan fingerprint density at radius 2 is 1.68 bits per heavy atom. The van der Waals surface area contributed by atoms with Gasteiger partial charge in [0.1, 0.15) is 11.6 Å². The summed E-state index contributed by atoms with van der Waals surface area (Å²) in [7, 11) is 1.60. The van der Waals surface area contributed by atoms with E-state index < -0.39 is 23.6 Å². The standard InChI is InChI=1S/C14H17F4N/c1-19-13(9-5-7-14(17,18)8-6-9)12-10(15)3-2-4-11(12)16/h2-4,9,13,19H,5-8H2,1H3. The van der Waals surface area contributed by atoms with Gasteiger partial charge in [-0.15, -0.1) is 0 Å². The molecule has 0 spiro atoms. The lowest BCUT2D eigenvalue weighted by Crippen LogP contribution is -2.33. The molecule has 1 aromatic rings. The second-order valence-electron chi connectivity index (χ2n) is 5.10. The van der Waals surface area contributed by atoms with E-state index in [0.717, 1.165) is 0 Å². The summed E-state index contributed by atoms with van der Waals surface area (Å²) < 4.78 is 53.8. The summed E-state index contributed by atoms with van der Waals surface area (Å²) in [6, 6.07) is 3.13. The quantitative estimate of drug-likeness (QED) is 0.821. The van der Waals surface area contributed by atoms with Crippen LogP contribution < -0.4 is 5.32 Å². The van der Waals surface area contributed by atoms with Crippen LogP contribution in [-0.2, 0) is 0 Å². The summed E-state index contributed by atoms with van der Waals surface area (Å²) >= 11 is 0. The van der Waals surface area contributed by atoms with Crippen molar-refractivity contribution in [3.63, 3.8) is 0 Å². The van der Waals surface area contributed by atoms with Crippen molar-refractivity contribution in [3.8, 4) is 0 Å². The number of hydrogen-bond acceptors (Lipinski definition) is 1. The average Bonchev–Trinajstić information content (AvgIpc) is 2.35. The highest BCUT2D eigenvalue weighted by Gasteiger charge is 2.38. The minimum absolute atomic E-state index is 0.0415. The van der Waals surface area contributed by atoms with Crippen LogP contribution in [-0.4, -0.2) is 13.0 Å². The van der Waals surface area contributed by atoms with Gasteiger partial charge in [0.25, 0.3) is 0 Å². The zero-order valence-corrected chi connectivity index (χ0v) is 10.7. The molecule has 1 saturated carbocycles. The van der Waals surface area contributed by atoms with Crippen LogP contribution >= 0.6 is 0 Å². The molecule has 19 heavy (non-hydrogen) atoms. The lowest BCUT2D eigenvalue weighted by atomic mass is 9.79. The SMILES string of the molecule is CNC(c1c(F)cccc1F)C1CCC(F)(F)CC1. The zero-order chi connectivity index (χ0) is 14.0. The van der Waals surface area contributed by atoms with Crippen LogP contribution in [0.1, 0.15) is 37.3 Å². The molecule has 1 fully saturated rings. The topological polar surface area (TPSA) is 12.0 Å². The monoisotopic (exact) mass is 275 g/mol. The third kappa shape index (κ3) is 3.08. The summed E-state index contributed by atoms with van der Waals surface area (Å²) in [5.41, 5.74) is -0.0415. The van der Waals surface area contributed by atoms with Crippen molar-refractivity contribution in [2.45, 2.75) is 37.6 Å². The number of halogens is 4. The van der Waals surface area contributed by atoms with E-state index in [1.54, 1.807) is 7.05 Å². The summed E-state index contributed by atoms with van der Waals surface area (Å²) in [4.78, 5) is 0. The van der Waals surface area contributed by atoms with Crippen molar-refractivity contribution in [2.24, 2.45) is 5.92 Å². The van der Waals surface area contributed by atoms with E-state index in [9.17, 15) is 17.6 Å². The molecule has 0 radical (unpaired) electrons. The fraction of sp³-hybridized carbons (Fsp3) is 0.571. The molecule has 1 aliphatic rings. The summed E-state index contributed by atoms with van der Waals surface area (Å²) in [5, 5.41) is 2.87. The molecule has 0 aromatic heterocycles. The fourth-order valence-electron chi connectivity index (χ4n) is 2.82. The molecule has 0 aliphatic heterocycles. The predicted octanol–water partition coefficient (Wildman–Crippen LogP) is 4.05. The Morgan fingerprint density at radius 1 is 1.16 bits per heavy atom. The first-order chi connectivity index (χ1) is 8.94. The lowest BCUT2D eigenvalue weighted by molar-refractivity contribution is -0.0497. The Hall–Kier alpha value is -1.10. The van der Waals surface area contributed by atoms with Crippen LogP contribution in [0.15, 0.2) is 18.2 Å². The fourth-order valence-corrected chi connectivity index (χ4v) is 2.82. The van der Waals surface area contributed by atoms with Gasteiger partial charge >= 0.3 is 0 Å². The van der Waals surface area contributed by atoms with Crippen molar-refractivity contribution in [1.82, 2.24) is 5.32 Å². The molecule has 1 nitrogen and oxygen atoms in total. The Morgan fingerprint density at radius 3 is 2.16 bits per heavy atom. The van der Waals surface area contributed by atoms with Gasteiger partial charge in [-0.25, -0.2) is 17.6 Å². The van der Waals surface area contributed by atoms with E-state index in [2.05, 4.69) is 5.32 Å². The van der Waals surface area contributed by atoms with E-state index in [1.807, 2.05) is 0 Å². The van der Waals surface area contributed by atoms with Crippen molar-refractivity contribution >= 4 is 0 Å². The highest BCUT2D eigenvalue weighted by atomic mass is 19.3. The first kappa shape index (κ1) is 14.3. The molecule has 2 rings (SSSR count). The molecular formula is C14H17F4N. The maximum Gasteiger partial charge on any atom is 0.248 e. The first-order valence-electron chi connectivity index (χ1n) is 6.43. The molecular weight excluding hydrogens is 258 g/mol. The summed E-state index contributed by atoms with van der Waals surface area (Å²) in [5.74, 6) is -4.06. The minimum Gasteiger partial charge on any atom is -0.313 e. The zero-order valence-electron chi connectivity index (χ0n) is 10.7. The Balaban J connectivity index is 2.21. The molecule has 1 aromatic carbocycles. The van der Waals surface area contributed by atoms with Gasteiger partial charge in [-0.05, 0) is 37.9 Å². The maximum atomic E-state index is 13.8. The van der Waals surface area contributed by atoms with Gasteiger partial charge in [-0.1, -0.05) is 6.07 Å². The molecule has 0 bridgehead atoms. The maximum absolute atomic E-state index is 13.8. The van der Waals surface area contributed by atoms with Gasteiger partial charge in [0.05, 0.1) is 0 Å². The van der Waals surface area contributed by atoms with Crippen LogP contribution in [0, 0.1) is 17.6 Å². The van der Waals surface area contributed by atoms with Gasteiger partial charge in [0.15, 0.2) is 0 Å². The number of hydrogen-bond donors (Lipinski definition) is 1. The number of nitrogens with one attached hydrogen (secondary N) is 1. The molecule has 1 aliphatic carbocycles. The molecule has 0 saturated heterocycles. The minimum atomic E-state index is -2.64. The van der Waals surface area contributed by atoms with E-state index >= 15 is 0 Å². The Kier molecular flexibility index (Phi) is 4.13. The normalized spacial score (nSPS) is 21.3. The smallest absolute Gasteiger partial charge is 0.248 e. The number of rotatable bonds is 3. The molecule has 1 unspecified atom stereocenters. The van der Waals surface area contributed by atoms with Crippen LogP contribution in [0.4, 0.5) is 17.6 Å². The molecule has 0 amide bonds. The Labute approximate surface area is 110 Å².